The van der Waals surface area contributed by atoms with E-state index in [9.17, 15) is 0 Å². The van der Waals surface area contributed by atoms with Gasteiger partial charge in [-0.1, -0.05) is 11.6 Å². The van der Waals surface area contributed by atoms with E-state index < -0.39 is 0 Å². The zero-order chi connectivity index (χ0) is 12.3. The Kier molecular flexibility index (Phi) is 4.18. The van der Waals surface area contributed by atoms with Gasteiger partial charge in [-0.15, -0.1) is 10.2 Å². The number of hydrogen-bond donors (Lipinski definition) is 1. The molecule has 1 unspecified atom stereocenters. The summed E-state index contributed by atoms with van der Waals surface area (Å²) in [6, 6.07) is 4.71. The SMILES string of the molecule is CC(C)N1CCCC(Nc2ccc(Cl)nn2)C1. The summed E-state index contributed by atoms with van der Waals surface area (Å²) in [6.45, 7) is 6.75. The highest BCUT2D eigenvalue weighted by Crippen LogP contribution is 2.16. The maximum absolute atomic E-state index is 5.71. The maximum Gasteiger partial charge on any atom is 0.151 e. The number of hydrogen-bond acceptors (Lipinski definition) is 4. The van der Waals surface area contributed by atoms with E-state index in [1.807, 2.05) is 6.07 Å². The van der Waals surface area contributed by atoms with E-state index in [2.05, 4.69) is 34.3 Å². The van der Waals surface area contributed by atoms with Crippen molar-refractivity contribution in [3.8, 4) is 0 Å². The summed E-state index contributed by atoms with van der Waals surface area (Å²) < 4.78 is 0. The second-order valence-corrected chi connectivity index (χ2v) is 5.20. The zero-order valence-corrected chi connectivity index (χ0v) is 11.1. The minimum atomic E-state index is 0.433. The molecule has 0 saturated carbocycles. The molecule has 17 heavy (non-hydrogen) atoms. The Hall–Kier alpha value is -0.870. The third-order valence-electron chi connectivity index (χ3n) is 3.17. The van der Waals surface area contributed by atoms with Crippen LogP contribution in [0.4, 0.5) is 5.82 Å². The third kappa shape index (κ3) is 3.54. The number of rotatable bonds is 3. The molecule has 2 heterocycles. The number of nitrogens with one attached hydrogen (secondary N) is 1. The standard InChI is InChI=1S/C12H19ClN4/c1-9(2)17-7-3-4-10(8-17)14-12-6-5-11(13)15-16-12/h5-6,9-10H,3-4,7-8H2,1-2H3,(H,14,16). The first-order valence-electron chi connectivity index (χ1n) is 6.15. The average Bonchev–Trinajstić information content (AvgIpc) is 2.32. The van der Waals surface area contributed by atoms with Crippen molar-refractivity contribution in [3.05, 3.63) is 17.3 Å². The molecule has 94 valence electrons. The number of piperidine rings is 1. The molecule has 1 aliphatic rings. The van der Waals surface area contributed by atoms with Crippen LogP contribution >= 0.6 is 11.6 Å². The van der Waals surface area contributed by atoms with Crippen LogP contribution in [0.25, 0.3) is 0 Å². The molecule has 0 aliphatic carbocycles. The van der Waals surface area contributed by atoms with Crippen molar-refractivity contribution >= 4 is 17.4 Å². The van der Waals surface area contributed by atoms with Crippen LogP contribution in [0.2, 0.25) is 5.15 Å². The first kappa shape index (κ1) is 12.6. The lowest BCUT2D eigenvalue weighted by atomic mass is 10.0. The summed E-state index contributed by atoms with van der Waals surface area (Å²) in [5.74, 6) is 0.810. The molecule has 1 fully saturated rings. The first-order chi connectivity index (χ1) is 8.15. The van der Waals surface area contributed by atoms with E-state index >= 15 is 0 Å². The number of nitrogens with zero attached hydrogens (tertiary/aromatic N) is 3. The van der Waals surface area contributed by atoms with Gasteiger partial charge in [0.25, 0.3) is 0 Å². The van der Waals surface area contributed by atoms with Crippen LogP contribution < -0.4 is 5.32 Å². The molecular weight excluding hydrogens is 236 g/mol. The Bertz CT molecular complexity index is 352. The monoisotopic (exact) mass is 254 g/mol. The minimum Gasteiger partial charge on any atom is -0.365 e. The lowest BCUT2D eigenvalue weighted by Gasteiger charge is -2.35. The quantitative estimate of drug-likeness (QED) is 0.900. The summed E-state index contributed by atoms with van der Waals surface area (Å²) in [6.07, 6.45) is 2.42. The normalized spacial score (nSPS) is 21.8. The molecule has 0 bridgehead atoms. The Morgan fingerprint density at radius 3 is 2.88 bits per heavy atom. The van der Waals surface area contributed by atoms with Crippen molar-refractivity contribution in [1.29, 1.82) is 0 Å². The Morgan fingerprint density at radius 2 is 2.24 bits per heavy atom. The first-order valence-corrected chi connectivity index (χ1v) is 6.53. The molecule has 0 aromatic carbocycles. The number of aromatic nitrogens is 2. The van der Waals surface area contributed by atoms with Gasteiger partial charge < -0.3 is 5.32 Å². The number of likely N-dealkylation sites (tertiary alicyclic amines) is 1. The molecule has 0 spiro atoms. The van der Waals surface area contributed by atoms with Gasteiger partial charge in [0.2, 0.25) is 0 Å². The van der Waals surface area contributed by atoms with Gasteiger partial charge in [0.05, 0.1) is 0 Å². The van der Waals surface area contributed by atoms with E-state index in [0.717, 1.165) is 12.4 Å². The summed E-state index contributed by atoms with van der Waals surface area (Å²) in [5.41, 5.74) is 0. The van der Waals surface area contributed by atoms with Crippen molar-refractivity contribution in [2.75, 3.05) is 18.4 Å². The summed E-state index contributed by atoms with van der Waals surface area (Å²) >= 11 is 5.71. The molecule has 2 rings (SSSR count). The number of anilines is 1. The van der Waals surface area contributed by atoms with Gasteiger partial charge in [-0.2, -0.15) is 0 Å². The third-order valence-corrected chi connectivity index (χ3v) is 3.37. The van der Waals surface area contributed by atoms with Gasteiger partial charge >= 0.3 is 0 Å². The predicted molar refractivity (Wildman–Crippen MR) is 70.4 cm³/mol. The molecule has 1 saturated heterocycles. The minimum absolute atomic E-state index is 0.433. The molecule has 0 amide bonds. The average molecular weight is 255 g/mol. The smallest absolute Gasteiger partial charge is 0.151 e. The molecule has 1 aliphatic heterocycles. The number of halogens is 1. The van der Waals surface area contributed by atoms with E-state index in [4.69, 9.17) is 11.6 Å². The van der Waals surface area contributed by atoms with Crippen molar-refractivity contribution in [2.45, 2.75) is 38.8 Å². The van der Waals surface area contributed by atoms with E-state index in [1.165, 1.54) is 19.4 Å². The van der Waals surface area contributed by atoms with Gasteiger partial charge in [-0.3, -0.25) is 4.90 Å². The second kappa shape index (κ2) is 5.65. The maximum atomic E-state index is 5.71. The molecule has 1 aromatic rings. The van der Waals surface area contributed by atoms with Crippen LogP contribution in [0.5, 0.6) is 0 Å². The lowest BCUT2D eigenvalue weighted by Crippen LogP contribution is -2.45. The van der Waals surface area contributed by atoms with Crippen LogP contribution in [0, 0.1) is 0 Å². The molecule has 5 heteroatoms. The van der Waals surface area contributed by atoms with E-state index in [1.54, 1.807) is 6.07 Å². The predicted octanol–water partition coefficient (Wildman–Crippen LogP) is 2.41. The van der Waals surface area contributed by atoms with Gasteiger partial charge in [0.1, 0.15) is 5.82 Å². The van der Waals surface area contributed by atoms with Crippen molar-refractivity contribution in [3.63, 3.8) is 0 Å². The second-order valence-electron chi connectivity index (χ2n) is 4.81. The summed E-state index contributed by atoms with van der Waals surface area (Å²) in [5, 5.41) is 11.7. The lowest BCUT2D eigenvalue weighted by molar-refractivity contribution is 0.174. The molecular formula is C12H19ClN4. The topological polar surface area (TPSA) is 41.0 Å². The highest BCUT2D eigenvalue weighted by molar-refractivity contribution is 6.29. The van der Waals surface area contributed by atoms with Crippen LogP contribution in [-0.4, -0.2) is 40.3 Å². The van der Waals surface area contributed by atoms with Crippen molar-refractivity contribution < 1.29 is 0 Å². The van der Waals surface area contributed by atoms with Crippen LogP contribution in [0.3, 0.4) is 0 Å². The molecule has 1 atom stereocenters. The van der Waals surface area contributed by atoms with Crippen LogP contribution in [0.15, 0.2) is 12.1 Å². The van der Waals surface area contributed by atoms with Gasteiger partial charge in [-0.05, 0) is 45.4 Å². The van der Waals surface area contributed by atoms with Crippen LogP contribution in [-0.2, 0) is 0 Å². The van der Waals surface area contributed by atoms with Crippen LogP contribution in [0.1, 0.15) is 26.7 Å². The fourth-order valence-electron chi connectivity index (χ4n) is 2.20. The van der Waals surface area contributed by atoms with Gasteiger partial charge in [-0.25, -0.2) is 0 Å². The Labute approximate surface area is 107 Å². The molecule has 0 radical (unpaired) electrons. The van der Waals surface area contributed by atoms with Crippen molar-refractivity contribution in [1.82, 2.24) is 15.1 Å². The van der Waals surface area contributed by atoms with Crippen molar-refractivity contribution in [2.24, 2.45) is 0 Å². The highest BCUT2D eigenvalue weighted by Gasteiger charge is 2.21. The summed E-state index contributed by atoms with van der Waals surface area (Å²) in [4.78, 5) is 2.49. The van der Waals surface area contributed by atoms with E-state index in [-0.39, 0.29) is 0 Å². The Morgan fingerprint density at radius 1 is 1.41 bits per heavy atom. The van der Waals surface area contributed by atoms with Gasteiger partial charge in [0, 0.05) is 18.6 Å². The molecule has 4 nitrogen and oxygen atoms in total. The zero-order valence-electron chi connectivity index (χ0n) is 10.4. The van der Waals surface area contributed by atoms with Gasteiger partial charge in [0.15, 0.2) is 5.15 Å². The largest absolute Gasteiger partial charge is 0.365 e. The van der Waals surface area contributed by atoms with E-state index in [0.29, 0.717) is 17.2 Å². The fraction of sp³-hybridized carbons (Fsp3) is 0.667. The fourth-order valence-corrected chi connectivity index (χ4v) is 2.30. The Balaban J connectivity index is 1.92. The molecule has 1 aromatic heterocycles. The highest BCUT2D eigenvalue weighted by atomic mass is 35.5. The summed E-state index contributed by atoms with van der Waals surface area (Å²) in [7, 11) is 0. The molecule has 1 N–H and O–H groups in total.